The number of anilines is 1. The molecule has 1 amide bonds. The highest BCUT2D eigenvalue weighted by Gasteiger charge is 2.20. The minimum atomic E-state index is -0.590. The Hall–Kier alpha value is -4.47. The van der Waals surface area contributed by atoms with E-state index in [9.17, 15) is 14.4 Å². The lowest BCUT2D eigenvalue weighted by Gasteiger charge is -2.20. The largest absolute Gasteiger partial charge is 0.460 e. The molecule has 10 heteroatoms. The van der Waals surface area contributed by atoms with Gasteiger partial charge in [0.2, 0.25) is 5.91 Å². The summed E-state index contributed by atoms with van der Waals surface area (Å²) in [5, 5.41) is 0. The lowest BCUT2D eigenvalue weighted by Crippen LogP contribution is -2.26. The van der Waals surface area contributed by atoms with Gasteiger partial charge in [-0.3, -0.25) is 14.4 Å². The molecular weight excluding hydrogens is 568 g/mol. The molecule has 0 saturated carbocycles. The number of H-pyrrole nitrogens is 1. The summed E-state index contributed by atoms with van der Waals surface area (Å²) in [6, 6.07) is 12.3. The number of hydrogen-bond donors (Lipinski definition) is 1. The van der Waals surface area contributed by atoms with Crippen molar-refractivity contribution in [3.63, 3.8) is 0 Å². The molecule has 1 fully saturated rings. The third-order valence-electron chi connectivity index (χ3n) is 8.07. The Morgan fingerprint density at radius 2 is 1.78 bits per heavy atom. The number of likely N-dealkylation sites (tertiary alicyclic amines) is 1. The van der Waals surface area contributed by atoms with Gasteiger partial charge < -0.3 is 24.1 Å². The number of amides is 1. The van der Waals surface area contributed by atoms with Crippen LogP contribution < -0.4 is 10.5 Å². The van der Waals surface area contributed by atoms with Crippen LogP contribution in [0, 0.1) is 0 Å². The normalized spacial score (nSPS) is 13.9. The van der Waals surface area contributed by atoms with Crippen LogP contribution in [0.2, 0.25) is 0 Å². The van der Waals surface area contributed by atoms with Crippen LogP contribution >= 0.6 is 0 Å². The number of imidazole rings is 1. The fourth-order valence-corrected chi connectivity index (χ4v) is 5.82. The second-order valence-corrected chi connectivity index (χ2v) is 12.5. The number of nitrogens with zero attached hydrogens (tertiary/aromatic N) is 5. The molecule has 2 aromatic heterocycles. The number of aryl methyl sites for hydroxylation is 2. The molecule has 0 aliphatic carbocycles. The van der Waals surface area contributed by atoms with Gasteiger partial charge in [-0.05, 0) is 83.4 Å². The summed E-state index contributed by atoms with van der Waals surface area (Å²) in [7, 11) is 0. The Morgan fingerprint density at radius 3 is 2.44 bits per heavy atom. The van der Waals surface area contributed by atoms with E-state index in [-0.39, 0.29) is 30.3 Å². The van der Waals surface area contributed by atoms with Crippen molar-refractivity contribution in [3.05, 3.63) is 63.8 Å². The summed E-state index contributed by atoms with van der Waals surface area (Å²) in [5.41, 5.74) is 4.49. The van der Waals surface area contributed by atoms with Crippen molar-refractivity contribution in [2.75, 3.05) is 31.1 Å². The second kappa shape index (κ2) is 13.7. The molecule has 1 aliphatic heterocycles. The average Bonchev–Trinajstić information content (AvgIpc) is 3.56. The van der Waals surface area contributed by atoms with Gasteiger partial charge in [-0.15, -0.1) is 0 Å². The summed E-state index contributed by atoms with van der Waals surface area (Å²) in [5.74, 6) is 0.637. The van der Waals surface area contributed by atoms with Gasteiger partial charge in [0, 0.05) is 51.3 Å². The van der Waals surface area contributed by atoms with E-state index in [0.717, 1.165) is 54.9 Å². The van der Waals surface area contributed by atoms with Gasteiger partial charge in [-0.25, -0.2) is 9.97 Å². The van der Waals surface area contributed by atoms with E-state index in [2.05, 4.69) is 63.6 Å². The number of ether oxygens (including phenoxy) is 1. The van der Waals surface area contributed by atoms with Crippen LogP contribution in [0.4, 0.5) is 5.69 Å². The van der Waals surface area contributed by atoms with Crippen molar-refractivity contribution in [2.24, 2.45) is 0 Å². The fourth-order valence-electron chi connectivity index (χ4n) is 5.82. The SMILES string of the molecule is CCN(CC)c1ccc(C=Cc2nc3cc4[nH]c(=O)c(CCC(=O)OC(C)(C)C)nc4cc3n2CCCN2CCCC2=O)cc1. The number of nitrogens with one attached hydrogen (secondary N) is 1. The number of benzene rings is 2. The van der Waals surface area contributed by atoms with Crippen molar-refractivity contribution in [1.82, 2.24) is 24.4 Å². The third-order valence-corrected chi connectivity index (χ3v) is 8.07. The van der Waals surface area contributed by atoms with Gasteiger partial charge >= 0.3 is 5.97 Å². The van der Waals surface area contributed by atoms with Crippen molar-refractivity contribution in [3.8, 4) is 0 Å². The number of aromatic amines is 1. The van der Waals surface area contributed by atoms with E-state index in [0.29, 0.717) is 36.2 Å². The van der Waals surface area contributed by atoms with Crippen molar-refractivity contribution < 1.29 is 14.3 Å². The molecule has 238 valence electrons. The molecule has 3 heterocycles. The first-order valence-electron chi connectivity index (χ1n) is 16.0. The molecule has 0 unspecified atom stereocenters. The summed E-state index contributed by atoms with van der Waals surface area (Å²) in [6.07, 6.45) is 6.65. The van der Waals surface area contributed by atoms with Gasteiger partial charge in [0.1, 0.15) is 17.1 Å². The number of carbonyl (C=O) groups is 2. The summed E-state index contributed by atoms with van der Waals surface area (Å²) in [6.45, 7) is 13.8. The number of carbonyl (C=O) groups excluding carboxylic acids is 2. The zero-order chi connectivity index (χ0) is 32.1. The Labute approximate surface area is 264 Å². The highest BCUT2D eigenvalue weighted by molar-refractivity contribution is 5.92. The van der Waals surface area contributed by atoms with Crippen LogP contribution in [0.15, 0.2) is 41.2 Å². The van der Waals surface area contributed by atoms with Crippen molar-refractivity contribution in [2.45, 2.75) is 78.9 Å². The van der Waals surface area contributed by atoms with Crippen molar-refractivity contribution >= 4 is 51.8 Å². The van der Waals surface area contributed by atoms with Crippen LogP contribution in [0.25, 0.3) is 34.2 Å². The Kier molecular flexibility index (Phi) is 9.70. The maximum absolute atomic E-state index is 12.9. The number of rotatable bonds is 12. The van der Waals surface area contributed by atoms with Crippen LogP contribution in [0.3, 0.4) is 0 Å². The van der Waals surface area contributed by atoms with Gasteiger partial charge in [0.25, 0.3) is 5.56 Å². The molecule has 5 rings (SSSR count). The zero-order valence-electron chi connectivity index (χ0n) is 27.1. The topological polar surface area (TPSA) is 113 Å². The lowest BCUT2D eigenvalue weighted by molar-refractivity contribution is -0.154. The standard InChI is InChI=1S/C35H44N6O4/c1-6-39(7-2)25-14-11-24(12-15-25)13-17-31-37-29-22-27-28(23-30(29)41(31)21-9-20-40-19-8-10-32(40)42)36-26(34(44)38-27)16-18-33(43)45-35(3,4)5/h11-15,17,22-23H,6-10,16,18-21H2,1-5H3,(H,38,44). The first-order valence-corrected chi connectivity index (χ1v) is 16.0. The second-order valence-electron chi connectivity index (χ2n) is 12.5. The maximum atomic E-state index is 12.9. The predicted octanol–water partition coefficient (Wildman–Crippen LogP) is 5.58. The van der Waals surface area contributed by atoms with E-state index in [1.54, 1.807) is 0 Å². The number of fused-ring (bicyclic) bond motifs is 2. The van der Waals surface area contributed by atoms with Gasteiger partial charge in [0.05, 0.1) is 28.5 Å². The molecular formula is C35H44N6O4. The van der Waals surface area contributed by atoms with Gasteiger partial charge in [-0.1, -0.05) is 18.2 Å². The number of esters is 1. The predicted molar refractivity (Wildman–Crippen MR) is 179 cm³/mol. The summed E-state index contributed by atoms with van der Waals surface area (Å²) >= 11 is 0. The Balaban J connectivity index is 1.45. The van der Waals surface area contributed by atoms with E-state index in [4.69, 9.17) is 9.72 Å². The Morgan fingerprint density at radius 1 is 1.02 bits per heavy atom. The monoisotopic (exact) mass is 612 g/mol. The van der Waals surface area contributed by atoms with Gasteiger partial charge in [0.15, 0.2) is 0 Å². The first-order chi connectivity index (χ1) is 21.5. The van der Waals surface area contributed by atoms with E-state index >= 15 is 0 Å². The Bertz CT molecular complexity index is 1760. The molecule has 4 aromatic rings. The third kappa shape index (κ3) is 7.79. The van der Waals surface area contributed by atoms with E-state index in [1.807, 2.05) is 43.9 Å². The van der Waals surface area contributed by atoms with Crippen molar-refractivity contribution in [1.29, 1.82) is 0 Å². The quantitative estimate of drug-likeness (QED) is 0.208. The molecule has 45 heavy (non-hydrogen) atoms. The van der Waals surface area contributed by atoms with E-state index in [1.165, 1.54) is 5.69 Å². The highest BCUT2D eigenvalue weighted by atomic mass is 16.6. The minimum Gasteiger partial charge on any atom is -0.460 e. The van der Waals surface area contributed by atoms with Crippen LogP contribution in [-0.2, 0) is 27.3 Å². The first kappa shape index (κ1) is 31.9. The molecule has 10 nitrogen and oxygen atoms in total. The molecule has 0 radical (unpaired) electrons. The highest BCUT2D eigenvalue weighted by Crippen LogP contribution is 2.24. The van der Waals surface area contributed by atoms with Gasteiger partial charge in [-0.2, -0.15) is 0 Å². The lowest BCUT2D eigenvalue weighted by atomic mass is 10.1. The summed E-state index contributed by atoms with van der Waals surface area (Å²) in [4.78, 5) is 54.1. The van der Waals surface area contributed by atoms with Crippen LogP contribution in [0.1, 0.15) is 77.4 Å². The van der Waals surface area contributed by atoms with Crippen LogP contribution in [0.5, 0.6) is 0 Å². The van der Waals surface area contributed by atoms with E-state index < -0.39 is 5.60 Å². The molecule has 0 atom stereocenters. The zero-order valence-corrected chi connectivity index (χ0v) is 27.1. The molecule has 1 N–H and O–H groups in total. The number of aromatic nitrogens is 4. The minimum absolute atomic E-state index is 0.0685. The molecule has 2 aromatic carbocycles. The molecule has 1 aliphatic rings. The maximum Gasteiger partial charge on any atom is 0.306 e. The molecule has 0 spiro atoms. The number of hydrogen-bond acceptors (Lipinski definition) is 7. The molecule has 1 saturated heterocycles. The average molecular weight is 613 g/mol. The molecule has 0 bridgehead atoms. The smallest absolute Gasteiger partial charge is 0.306 e. The summed E-state index contributed by atoms with van der Waals surface area (Å²) < 4.78 is 7.56. The van der Waals surface area contributed by atoms with Crippen LogP contribution in [-0.4, -0.2) is 68.1 Å². The fraction of sp³-hybridized carbons (Fsp3) is 0.457.